The number of thiazole rings is 1. The molecular weight excluding hydrogens is 326 g/mol. The van der Waals surface area contributed by atoms with Gasteiger partial charge in [0.1, 0.15) is 11.6 Å². The van der Waals surface area contributed by atoms with Crippen LogP contribution in [0.25, 0.3) is 10.6 Å². The van der Waals surface area contributed by atoms with Crippen LogP contribution in [0.5, 0.6) is 0 Å². The molecule has 116 valence electrons. The van der Waals surface area contributed by atoms with Gasteiger partial charge in [0.2, 0.25) is 0 Å². The minimum Gasteiger partial charge on any atom is -0.456 e. The van der Waals surface area contributed by atoms with Gasteiger partial charge in [-0.25, -0.2) is 9.78 Å². The Morgan fingerprint density at radius 1 is 1.13 bits per heavy atom. The molecule has 3 nitrogen and oxygen atoms in total. The van der Waals surface area contributed by atoms with Crippen LogP contribution in [0.15, 0.2) is 64.9 Å². The normalized spacial score (nSPS) is 10.5. The van der Waals surface area contributed by atoms with Gasteiger partial charge in [0.25, 0.3) is 0 Å². The molecule has 0 amide bonds. The van der Waals surface area contributed by atoms with Crippen molar-refractivity contribution in [2.24, 2.45) is 0 Å². The van der Waals surface area contributed by atoms with Crippen molar-refractivity contribution in [2.75, 3.05) is 6.26 Å². The van der Waals surface area contributed by atoms with Crippen LogP contribution in [0, 0.1) is 0 Å². The molecule has 0 radical (unpaired) electrons. The summed E-state index contributed by atoms with van der Waals surface area (Å²) in [6.07, 6.45) is 2.03. The molecule has 0 fully saturated rings. The Kier molecular flexibility index (Phi) is 5.10. The van der Waals surface area contributed by atoms with E-state index in [1.165, 1.54) is 16.2 Å². The molecule has 1 heterocycles. The monoisotopic (exact) mass is 341 g/mol. The average Bonchev–Trinajstić information content (AvgIpc) is 3.11. The lowest BCUT2D eigenvalue weighted by Crippen LogP contribution is -2.05. The molecule has 0 atom stereocenters. The number of carbonyl (C=O) groups excluding carboxylic acids is 1. The van der Waals surface area contributed by atoms with Crippen molar-refractivity contribution in [1.29, 1.82) is 0 Å². The topological polar surface area (TPSA) is 39.2 Å². The van der Waals surface area contributed by atoms with E-state index >= 15 is 0 Å². The fraction of sp³-hybridized carbons (Fsp3) is 0.111. The molecule has 0 aliphatic rings. The van der Waals surface area contributed by atoms with E-state index in [9.17, 15) is 4.79 Å². The van der Waals surface area contributed by atoms with Crippen LogP contribution in [0.3, 0.4) is 0 Å². The van der Waals surface area contributed by atoms with Crippen LogP contribution in [0.1, 0.15) is 16.1 Å². The zero-order chi connectivity index (χ0) is 16.1. The van der Waals surface area contributed by atoms with E-state index in [4.69, 9.17) is 4.74 Å². The third-order valence-corrected chi connectivity index (χ3v) is 4.90. The first-order valence-corrected chi connectivity index (χ1v) is 9.18. The van der Waals surface area contributed by atoms with Crippen molar-refractivity contribution < 1.29 is 9.53 Å². The minimum atomic E-state index is -0.391. The molecule has 0 bridgehead atoms. The highest BCUT2D eigenvalue weighted by Crippen LogP contribution is 2.23. The fourth-order valence-corrected chi connectivity index (χ4v) is 3.23. The van der Waals surface area contributed by atoms with Gasteiger partial charge in [0.05, 0.1) is 0 Å². The number of benzene rings is 2. The smallest absolute Gasteiger partial charge is 0.358 e. The lowest BCUT2D eigenvalue weighted by molar-refractivity contribution is 0.0466. The molecular formula is C18H15NO2S2. The standard InChI is InChI=1S/C18H15NO2S2/c1-22-15-9-7-13(8-10-15)11-21-18(20)16-12-23-17(19-16)14-5-3-2-4-6-14/h2-10,12H,11H2,1H3. The molecule has 3 aromatic rings. The fourth-order valence-electron chi connectivity index (χ4n) is 2.03. The van der Waals surface area contributed by atoms with E-state index in [-0.39, 0.29) is 6.61 Å². The number of hydrogen-bond donors (Lipinski definition) is 0. The Hall–Kier alpha value is -2.11. The van der Waals surface area contributed by atoms with Crippen molar-refractivity contribution in [1.82, 2.24) is 4.98 Å². The van der Waals surface area contributed by atoms with Crippen LogP contribution in [0.2, 0.25) is 0 Å². The number of aromatic nitrogens is 1. The number of nitrogens with zero attached hydrogens (tertiary/aromatic N) is 1. The van der Waals surface area contributed by atoms with Crippen LogP contribution >= 0.6 is 23.1 Å². The molecule has 0 N–H and O–H groups in total. The summed E-state index contributed by atoms with van der Waals surface area (Å²) in [6.45, 7) is 0.256. The van der Waals surface area contributed by atoms with E-state index < -0.39 is 5.97 Å². The number of rotatable bonds is 5. The third-order valence-electron chi connectivity index (χ3n) is 3.26. The molecule has 0 aliphatic heterocycles. The molecule has 0 saturated carbocycles. The zero-order valence-corrected chi connectivity index (χ0v) is 14.2. The predicted molar refractivity (Wildman–Crippen MR) is 94.9 cm³/mol. The molecule has 23 heavy (non-hydrogen) atoms. The summed E-state index contributed by atoms with van der Waals surface area (Å²) in [4.78, 5) is 17.7. The molecule has 5 heteroatoms. The third kappa shape index (κ3) is 4.00. The summed E-state index contributed by atoms with van der Waals surface area (Å²) >= 11 is 3.13. The molecule has 2 aromatic carbocycles. The summed E-state index contributed by atoms with van der Waals surface area (Å²) in [5.41, 5.74) is 2.33. The summed E-state index contributed by atoms with van der Waals surface area (Å²) in [5, 5.41) is 2.56. The Balaban J connectivity index is 1.63. The molecule has 0 aliphatic carbocycles. The first-order valence-electron chi connectivity index (χ1n) is 7.07. The first kappa shape index (κ1) is 15.8. The van der Waals surface area contributed by atoms with Crippen molar-refractivity contribution in [2.45, 2.75) is 11.5 Å². The number of thioether (sulfide) groups is 1. The number of carbonyl (C=O) groups is 1. The molecule has 3 rings (SSSR count). The summed E-state index contributed by atoms with van der Waals surface area (Å²) in [5.74, 6) is -0.391. The SMILES string of the molecule is CSc1ccc(COC(=O)c2csc(-c3ccccc3)n2)cc1. The second-order valence-corrected chi connectivity index (χ2v) is 6.57. The second-order valence-electron chi connectivity index (χ2n) is 4.83. The van der Waals surface area contributed by atoms with Gasteiger partial charge in [-0.3, -0.25) is 0 Å². The van der Waals surface area contributed by atoms with Crippen LogP contribution in [-0.2, 0) is 11.3 Å². The molecule has 0 unspecified atom stereocenters. The highest BCUT2D eigenvalue weighted by Gasteiger charge is 2.13. The van der Waals surface area contributed by atoms with Gasteiger partial charge >= 0.3 is 5.97 Å². The van der Waals surface area contributed by atoms with Crippen LogP contribution < -0.4 is 0 Å². The van der Waals surface area contributed by atoms with E-state index in [0.717, 1.165) is 16.1 Å². The summed E-state index contributed by atoms with van der Waals surface area (Å²) in [7, 11) is 0. The highest BCUT2D eigenvalue weighted by molar-refractivity contribution is 7.98. The molecule has 1 aromatic heterocycles. The maximum Gasteiger partial charge on any atom is 0.358 e. The summed E-state index contributed by atoms with van der Waals surface area (Å²) < 4.78 is 5.34. The lowest BCUT2D eigenvalue weighted by Gasteiger charge is -2.04. The van der Waals surface area contributed by atoms with Crippen LogP contribution in [0.4, 0.5) is 0 Å². The number of ether oxygens (including phenoxy) is 1. The summed E-state index contributed by atoms with van der Waals surface area (Å²) in [6, 6.07) is 17.8. The van der Waals surface area contributed by atoms with E-state index in [0.29, 0.717) is 5.69 Å². The van der Waals surface area contributed by atoms with Crippen molar-refractivity contribution in [3.8, 4) is 10.6 Å². The van der Waals surface area contributed by atoms with Crippen LogP contribution in [-0.4, -0.2) is 17.2 Å². The minimum absolute atomic E-state index is 0.256. The lowest BCUT2D eigenvalue weighted by atomic mass is 10.2. The van der Waals surface area contributed by atoms with Gasteiger partial charge < -0.3 is 4.74 Å². The second kappa shape index (κ2) is 7.44. The van der Waals surface area contributed by atoms with Gasteiger partial charge in [0, 0.05) is 15.8 Å². The highest BCUT2D eigenvalue weighted by atomic mass is 32.2. The Labute approximate surface area is 143 Å². The van der Waals surface area contributed by atoms with Gasteiger partial charge in [-0.15, -0.1) is 23.1 Å². The quantitative estimate of drug-likeness (QED) is 0.489. The van der Waals surface area contributed by atoms with E-state index in [2.05, 4.69) is 4.98 Å². The predicted octanol–water partition coefficient (Wildman–Crippen LogP) is 4.89. The first-order chi connectivity index (χ1) is 11.3. The largest absolute Gasteiger partial charge is 0.456 e. The van der Waals surface area contributed by atoms with Gasteiger partial charge in [-0.05, 0) is 24.0 Å². The number of esters is 1. The molecule has 0 spiro atoms. The maximum absolute atomic E-state index is 12.1. The van der Waals surface area contributed by atoms with E-state index in [1.54, 1.807) is 17.1 Å². The average molecular weight is 341 g/mol. The Bertz CT molecular complexity index is 782. The van der Waals surface area contributed by atoms with Gasteiger partial charge in [-0.1, -0.05) is 42.5 Å². The Morgan fingerprint density at radius 2 is 1.87 bits per heavy atom. The number of hydrogen-bond acceptors (Lipinski definition) is 5. The van der Waals surface area contributed by atoms with Gasteiger partial charge in [-0.2, -0.15) is 0 Å². The van der Waals surface area contributed by atoms with Gasteiger partial charge in [0.15, 0.2) is 5.69 Å². The van der Waals surface area contributed by atoms with Crippen molar-refractivity contribution in [3.63, 3.8) is 0 Å². The van der Waals surface area contributed by atoms with Crippen molar-refractivity contribution >= 4 is 29.1 Å². The zero-order valence-electron chi connectivity index (χ0n) is 12.6. The maximum atomic E-state index is 12.1. The van der Waals surface area contributed by atoms with E-state index in [1.807, 2.05) is 60.9 Å². The Morgan fingerprint density at radius 3 is 2.57 bits per heavy atom. The van der Waals surface area contributed by atoms with Crippen molar-refractivity contribution in [3.05, 3.63) is 71.2 Å². The molecule has 0 saturated heterocycles.